The van der Waals surface area contributed by atoms with Crippen LogP contribution in [-0.4, -0.2) is 21.2 Å². The maximum atomic E-state index is 10.5. The molecule has 0 aliphatic rings. The van der Waals surface area contributed by atoms with Crippen molar-refractivity contribution in [2.24, 2.45) is 0 Å². The molecule has 1 aromatic heterocycles. The molecule has 0 fully saturated rings. The smallest absolute Gasteiger partial charge is 0.303 e. The monoisotopic (exact) mass is 338 g/mol. The first-order valence-electron chi connectivity index (χ1n) is 6.29. The van der Waals surface area contributed by atoms with Crippen LogP contribution in [0.4, 0.5) is 0 Å². The van der Waals surface area contributed by atoms with Gasteiger partial charge in [-0.05, 0) is 43.5 Å². The lowest BCUT2D eigenvalue weighted by molar-refractivity contribution is -0.137. The number of carboxylic acids is 1. The van der Waals surface area contributed by atoms with Gasteiger partial charge < -0.3 is 9.63 Å². The summed E-state index contributed by atoms with van der Waals surface area (Å²) in [5.74, 6) is 0.192. The van der Waals surface area contributed by atoms with E-state index in [1.807, 2.05) is 26.0 Å². The molecule has 106 valence electrons. The maximum Gasteiger partial charge on any atom is 0.303 e. The number of aliphatic carboxylic acids is 1. The molecular formula is C14H15BrN2O3. The van der Waals surface area contributed by atoms with E-state index in [1.54, 1.807) is 0 Å². The van der Waals surface area contributed by atoms with Crippen molar-refractivity contribution in [3.8, 4) is 11.4 Å². The molecule has 6 heteroatoms. The van der Waals surface area contributed by atoms with Gasteiger partial charge in [-0.3, -0.25) is 4.79 Å². The fraction of sp³-hybridized carbons (Fsp3) is 0.357. The van der Waals surface area contributed by atoms with Gasteiger partial charge in [0.25, 0.3) is 0 Å². The van der Waals surface area contributed by atoms with E-state index in [2.05, 4.69) is 26.1 Å². The summed E-state index contributed by atoms with van der Waals surface area (Å²) in [5, 5.41) is 12.5. The Kier molecular flexibility index (Phi) is 4.54. The van der Waals surface area contributed by atoms with Gasteiger partial charge in [0.1, 0.15) is 0 Å². The van der Waals surface area contributed by atoms with Gasteiger partial charge in [-0.15, -0.1) is 0 Å². The van der Waals surface area contributed by atoms with Crippen LogP contribution in [0.25, 0.3) is 11.4 Å². The standard InChI is InChI=1S/C14H15BrN2O3/c1-8-6-10(7-9(2)13(8)15)14-16-11(20-17-14)4-3-5-12(18)19/h6-7H,3-5H2,1-2H3,(H,18,19). The molecule has 0 amide bonds. The van der Waals surface area contributed by atoms with Crippen molar-refractivity contribution in [2.75, 3.05) is 0 Å². The van der Waals surface area contributed by atoms with Gasteiger partial charge in [0.05, 0.1) is 0 Å². The number of hydrogen-bond donors (Lipinski definition) is 1. The van der Waals surface area contributed by atoms with Crippen LogP contribution in [0.2, 0.25) is 0 Å². The molecule has 0 aliphatic heterocycles. The van der Waals surface area contributed by atoms with E-state index in [-0.39, 0.29) is 6.42 Å². The van der Waals surface area contributed by atoms with E-state index < -0.39 is 5.97 Å². The van der Waals surface area contributed by atoms with E-state index in [0.717, 1.165) is 21.2 Å². The second-order valence-electron chi connectivity index (χ2n) is 4.68. The number of hydrogen-bond acceptors (Lipinski definition) is 4. The molecule has 0 unspecified atom stereocenters. The van der Waals surface area contributed by atoms with Crippen LogP contribution in [-0.2, 0) is 11.2 Å². The molecule has 0 atom stereocenters. The molecule has 0 radical (unpaired) electrons. The highest BCUT2D eigenvalue weighted by molar-refractivity contribution is 9.10. The summed E-state index contributed by atoms with van der Waals surface area (Å²) in [7, 11) is 0. The predicted molar refractivity (Wildman–Crippen MR) is 77.5 cm³/mol. The van der Waals surface area contributed by atoms with Crippen molar-refractivity contribution < 1.29 is 14.4 Å². The van der Waals surface area contributed by atoms with Crippen molar-refractivity contribution in [3.05, 3.63) is 33.6 Å². The number of carboxylic acid groups (broad SMARTS) is 1. The average Bonchev–Trinajstić information content (AvgIpc) is 2.83. The Morgan fingerprint density at radius 3 is 2.60 bits per heavy atom. The highest BCUT2D eigenvalue weighted by Gasteiger charge is 2.11. The molecule has 1 N–H and O–H groups in total. The summed E-state index contributed by atoms with van der Waals surface area (Å²) in [6, 6.07) is 3.98. The fourth-order valence-corrected chi connectivity index (χ4v) is 2.17. The van der Waals surface area contributed by atoms with Crippen LogP contribution in [0.1, 0.15) is 29.9 Å². The summed E-state index contributed by atoms with van der Waals surface area (Å²) >= 11 is 3.52. The van der Waals surface area contributed by atoms with Gasteiger partial charge in [-0.25, -0.2) is 0 Å². The van der Waals surface area contributed by atoms with Crippen molar-refractivity contribution >= 4 is 21.9 Å². The number of halogens is 1. The van der Waals surface area contributed by atoms with Gasteiger partial charge in [0, 0.05) is 22.9 Å². The number of aryl methyl sites for hydroxylation is 3. The third-order valence-corrected chi connectivity index (χ3v) is 4.19. The van der Waals surface area contributed by atoms with Gasteiger partial charge >= 0.3 is 5.97 Å². The Hall–Kier alpha value is -1.69. The normalized spacial score (nSPS) is 10.8. The molecule has 5 nitrogen and oxygen atoms in total. The Balaban J connectivity index is 2.14. The van der Waals surface area contributed by atoms with Crippen LogP contribution in [0.3, 0.4) is 0 Å². The third kappa shape index (κ3) is 3.45. The van der Waals surface area contributed by atoms with Crippen LogP contribution >= 0.6 is 15.9 Å². The van der Waals surface area contributed by atoms with Crippen molar-refractivity contribution in [1.29, 1.82) is 0 Å². The molecule has 0 saturated carbocycles. The molecule has 1 aromatic carbocycles. The molecule has 0 saturated heterocycles. The van der Waals surface area contributed by atoms with Crippen LogP contribution in [0.15, 0.2) is 21.1 Å². The molecule has 0 aliphatic carbocycles. The third-order valence-electron chi connectivity index (χ3n) is 2.94. The zero-order valence-corrected chi connectivity index (χ0v) is 12.9. The van der Waals surface area contributed by atoms with Crippen molar-refractivity contribution in [3.63, 3.8) is 0 Å². The lowest BCUT2D eigenvalue weighted by Gasteiger charge is -2.04. The second-order valence-corrected chi connectivity index (χ2v) is 5.48. The highest BCUT2D eigenvalue weighted by atomic mass is 79.9. The fourth-order valence-electron chi connectivity index (χ4n) is 1.94. The lowest BCUT2D eigenvalue weighted by atomic mass is 10.1. The first-order chi connectivity index (χ1) is 9.47. The van der Waals surface area contributed by atoms with Gasteiger partial charge in [-0.2, -0.15) is 4.98 Å². The Morgan fingerprint density at radius 1 is 1.35 bits per heavy atom. The largest absolute Gasteiger partial charge is 0.481 e. The predicted octanol–water partition coefficient (Wildman–Crippen LogP) is 3.52. The second kappa shape index (κ2) is 6.17. The van der Waals surface area contributed by atoms with E-state index in [4.69, 9.17) is 9.63 Å². The Labute approximate surface area is 125 Å². The van der Waals surface area contributed by atoms with Gasteiger partial charge in [-0.1, -0.05) is 21.1 Å². The summed E-state index contributed by atoms with van der Waals surface area (Å²) in [5.41, 5.74) is 3.12. The topological polar surface area (TPSA) is 76.2 Å². The summed E-state index contributed by atoms with van der Waals surface area (Å²) in [4.78, 5) is 14.8. The van der Waals surface area contributed by atoms with Crippen molar-refractivity contribution in [1.82, 2.24) is 10.1 Å². The molecule has 2 aromatic rings. The zero-order valence-electron chi connectivity index (χ0n) is 11.3. The van der Waals surface area contributed by atoms with Crippen LogP contribution in [0.5, 0.6) is 0 Å². The van der Waals surface area contributed by atoms with Gasteiger partial charge in [0.15, 0.2) is 0 Å². The molecule has 0 bridgehead atoms. The van der Waals surface area contributed by atoms with Crippen LogP contribution in [0, 0.1) is 13.8 Å². The SMILES string of the molecule is Cc1cc(-c2noc(CCCC(=O)O)n2)cc(C)c1Br. The summed E-state index contributed by atoms with van der Waals surface area (Å²) < 4.78 is 6.22. The molecule has 1 heterocycles. The van der Waals surface area contributed by atoms with E-state index >= 15 is 0 Å². The van der Waals surface area contributed by atoms with E-state index in [1.165, 1.54) is 0 Å². The van der Waals surface area contributed by atoms with Gasteiger partial charge in [0.2, 0.25) is 11.7 Å². The van der Waals surface area contributed by atoms with Crippen molar-refractivity contribution in [2.45, 2.75) is 33.1 Å². The quantitative estimate of drug-likeness (QED) is 0.902. The minimum atomic E-state index is -0.816. The minimum Gasteiger partial charge on any atom is -0.481 e. The zero-order chi connectivity index (χ0) is 14.7. The number of benzene rings is 1. The average molecular weight is 339 g/mol. The Bertz CT molecular complexity index is 614. The number of aromatic nitrogens is 2. The minimum absolute atomic E-state index is 0.105. The summed E-state index contributed by atoms with van der Waals surface area (Å²) in [6.45, 7) is 4.02. The van der Waals surface area contributed by atoms with E-state index in [0.29, 0.717) is 24.6 Å². The molecule has 20 heavy (non-hydrogen) atoms. The van der Waals surface area contributed by atoms with E-state index in [9.17, 15) is 4.79 Å². The first kappa shape index (κ1) is 14.7. The lowest BCUT2D eigenvalue weighted by Crippen LogP contribution is -1.96. The number of carbonyl (C=O) groups is 1. The maximum absolute atomic E-state index is 10.5. The first-order valence-corrected chi connectivity index (χ1v) is 7.08. The molecule has 0 spiro atoms. The van der Waals surface area contributed by atoms with Crippen LogP contribution < -0.4 is 0 Å². The molecular weight excluding hydrogens is 324 g/mol. The Morgan fingerprint density at radius 2 is 2.00 bits per heavy atom. The number of rotatable bonds is 5. The molecule has 2 rings (SSSR count). The number of nitrogens with zero attached hydrogens (tertiary/aromatic N) is 2. The summed E-state index contributed by atoms with van der Waals surface area (Å²) in [6.07, 6.45) is 1.08. The highest BCUT2D eigenvalue weighted by Crippen LogP contribution is 2.27.